The Labute approximate surface area is 157 Å². The number of sulfonamides is 1. The zero-order valence-corrected chi connectivity index (χ0v) is 15.2. The first-order valence-corrected chi connectivity index (χ1v) is 9.70. The highest BCUT2D eigenvalue weighted by molar-refractivity contribution is 7.89. The third kappa shape index (κ3) is 4.62. The van der Waals surface area contributed by atoms with Crippen LogP contribution in [0.5, 0.6) is 11.5 Å². The quantitative estimate of drug-likeness (QED) is 0.787. The van der Waals surface area contributed by atoms with Gasteiger partial charge in [0.25, 0.3) is 5.56 Å². The first-order valence-electron chi connectivity index (χ1n) is 8.21. The summed E-state index contributed by atoms with van der Waals surface area (Å²) in [7, 11) is -3.98. The molecule has 0 unspecified atom stereocenters. The van der Waals surface area contributed by atoms with Crippen LogP contribution in [0.25, 0.3) is 0 Å². The number of benzene rings is 1. The second-order valence-electron chi connectivity index (χ2n) is 5.83. The van der Waals surface area contributed by atoms with Gasteiger partial charge in [-0.25, -0.2) is 17.8 Å². The molecule has 0 spiro atoms. The van der Waals surface area contributed by atoms with Crippen LogP contribution in [0.3, 0.4) is 0 Å². The van der Waals surface area contributed by atoms with Gasteiger partial charge in [-0.3, -0.25) is 4.79 Å². The van der Waals surface area contributed by atoms with Gasteiger partial charge in [0.15, 0.2) is 17.2 Å². The zero-order chi connectivity index (χ0) is 20.4. The molecule has 1 aromatic carbocycles. The summed E-state index contributed by atoms with van der Waals surface area (Å²) in [5.74, 6) is 0.715. The van der Waals surface area contributed by atoms with Gasteiger partial charge in [-0.15, -0.1) is 0 Å². The summed E-state index contributed by atoms with van der Waals surface area (Å²) in [6, 6.07) is 5.39. The molecule has 1 aromatic heterocycles. The van der Waals surface area contributed by atoms with Crippen molar-refractivity contribution >= 4 is 10.0 Å². The van der Waals surface area contributed by atoms with Crippen molar-refractivity contribution in [2.45, 2.75) is 24.0 Å². The molecule has 0 saturated heterocycles. The largest absolute Gasteiger partial charge is 0.490 e. The van der Waals surface area contributed by atoms with Gasteiger partial charge < -0.3 is 9.47 Å². The lowest BCUT2D eigenvalue weighted by Gasteiger charge is -2.12. The summed E-state index contributed by atoms with van der Waals surface area (Å²) in [5.41, 5.74) is -2.01. The molecule has 28 heavy (non-hydrogen) atoms. The molecule has 3 rings (SSSR count). The van der Waals surface area contributed by atoms with Crippen LogP contribution >= 0.6 is 0 Å². The van der Waals surface area contributed by atoms with Crippen LogP contribution in [0.2, 0.25) is 0 Å². The maximum Gasteiger partial charge on any atom is 0.435 e. The first-order chi connectivity index (χ1) is 13.2. The molecule has 1 aliphatic heterocycles. The van der Waals surface area contributed by atoms with E-state index in [0.717, 1.165) is 6.07 Å². The van der Waals surface area contributed by atoms with Gasteiger partial charge in [-0.05, 0) is 18.2 Å². The van der Waals surface area contributed by atoms with Gasteiger partial charge in [0, 0.05) is 25.1 Å². The Bertz CT molecular complexity index is 1020. The van der Waals surface area contributed by atoms with E-state index >= 15 is 0 Å². The Balaban J connectivity index is 1.71. The van der Waals surface area contributed by atoms with Crippen molar-refractivity contribution in [2.75, 3.05) is 19.8 Å². The van der Waals surface area contributed by atoms with Gasteiger partial charge in [-0.2, -0.15) is 18.3 Å². The first kappa shape index (κ1) is 20.1. The minimum atomic E-state index is -4.71. The molecule has 0 amide bonds. The van der Waals surface area contributed by atoms with Gasteiger partial charge in [-0.1, -0.05) is 0 Å². The summed E-state index contributed by atoms with van der Waals surface area (Å²) in [4.78, 5) is 11.5. The van der Waals surface area contributed by atoms with Crippen LogP contribution < -0.4 is 19.8 Å². The summed E-state index contributed by atoms with van der Waals surface area (Å²) in [6.45, 7) is 0.141. The monoisotopic (exact) mass is 419 g/mol. The Morgan fingerprint density at radius 3 is 2.54 bits per heavy atom. The van der Waals surface area contributed by atoms with E-state index in [0.29, 0.717) is 36.1 Å². The lowest BCUT2D eigenvalue weighted by atomic mass is 10.3. The fraction of sp³-hybridized carbons (Fsp3) is 0.375. The number of rotatable bonds is 5. The molecule has 0 fully saturated rings. The molecule has 0 radical (unpaired) electrons. The molecule has 2 heterocycles. The van der Waals surface area contributed by atoms with Gasteiger partial charge in [0.05, 0.1) is 24.7 Å². The molecule has 1 N–H and O–H groups in total. The predicted molar refractivity (Wildman–Crippen MR) is 90.7 cm³/mol. The lowest BCUT2D eigenvalue weighted by molar-refractivity contribution is -0.142. The van der Waals surface area contributed by atoms with Crippen LogP contribution in [0, 0.1) is 0 Å². The summed E-state index contributed by atoms with van der Waals surface area (Å²) in [5, 5.41) is 3.21. The van der Waals surface area contributed by atoms with E-state index in [1.807, 2.05) is 0 Å². The smallest absolute Gasteiger partial charge is 0.435 e. The number of hydrogen-bond donors (Lipinski definition) is 1. The predicted octanol–water partition coefficient (Wildman–Crippen LogP) is 1.40. The molecular weight excluding hydrogens is 403 g/mol. The van der Waals surface area contributed by atoms with Crippen molar-refractivity contribution < 1.29 is 31.1 Å². The minimum Gasteiger partial charge on any atom is -0.490 e. The molecule has 0 atom stereocenters. The number of ether oxygens (including phenoxy) is 2. The third-order valence-corrected chi connectivity index (χ3v) is 5.26. The van der Waals surface area contributed by atoms with Crippen LogP contribution in [0.15, 0.2) is 40.0 Å². The average molecular weight is 419 g/mol. The Hall–Kier alpha value is -2.60. The van der Waals surface area contributed by atoms with Crippen LogP contribution in [-0.2, 0) is 22.7 Å². The molecule has 152 valence electrons. The van der Waals surface area contributed by atoms with Gasteiger partial charge >= 0.3 is 6.18 Å². The molecule has 2 aromatic rings. The average Bonchev–Trinajstić information content (AvgIpc) is 2.87. The van der Waals surface area contributed by atoms with Crippen molar-refractivity contribution in [3.05, 3.63) is 46.4 Å². The highest BCUT2D eigenvalue weighted by Crippen LogP contribution is 2.31. The summed E-state index contributed by atoms with van der Waals surface area (Å²) >= 11 is 0. The summed E-state index contributed by atoms with van der Waals surface area (Å²) in [6.07, 6.45) is -4.05. The van der Waals surface area contributed by atoms with Crippen molar-refractivity contribution in [2.24, 2.45) is 0 Å². The van der Waals surface area contributed by atoms with Crippen LogP contribution in [0.1, 0.15) is 12.1 Å². The summed E-state index contributed by atoms with van der Waals surface area (Å²) < 4.78 is 76.5. The molecule has 1 aliphatic rings. The number of nitrogens with zero attached hydrogens (tertiary/aromatic N) is 2. The normalized spacial score (nSPS) is 14.5. The fourth-order valence-corrected chi connectivity index (χ4v) is 3.48. The number of aromatic nitrogens is 2. The number of fused-ring (bicyclic) bond motifs is 1. The Morgan fingerprint density at radius 2 is 1.82 bits per heavy atom. The fourth-order valence-electron chi connectivity index (χ4n) is 2.44. The van der Waals surface area contributed by atoms with Crippen LogP contribution in [0.4, 0.5) is 13.2 Å². The topological polar surface area (TPSA) is 99.5 Å². The molecule has 0 saturated carbocycles. The number of nitrogens with one attached hydrogen (secondary N) is 1. The van der Waals surface area contributed by atoms with Crippen molar-refractivity contribution in [3.63, 3.8) is 0 Å². The van der Waals surface area contributed by atoms with E-state index in [-0.39, 0.29) is 23.7 Å². The zero-order valence-electron chi connectivity index (χ0n) is 14.4. The standard InChI is InChI=1S/C16H16F3N3O5S/c17-16(18,19)14-4-5-15(23)22(21-14)7-6-20-28(24,25)11-2-3-12-13(10-11)27-9-1-8-26-12/h2-5,10,20H,1,6-9H2. The van der Waals surface area contributed by atoms with E-state index in [1.54, 1.807) is 0 Å². The van der Waals surface area contributed by atoms with E-state index in [1.165, 1.54) is 18.2 Å². The van der Waals surface area contributed by atoms with E-state index < -0.39 is 27.5 Å². The van der Waals surface area contributed by atoms with Crippen LogP contribution in [-0.4, -0.2) is 38.0 Å². The Kier molecular flexibility index (Phi) is 5.61. The lowest BCUT2D eigenvalue weighted by Crippen LogP contribution is -2.33. The van der Waals surface area contributed by atoms with Gasteiger partial charge in [0.2, 0.25) is 10.0 Å². The van der Waals surface area contributed by atoms with Crippen molar-refractivity contribution in [1.82, 2.24) is 14.5 Å². The Morgan fingerprint density at radius 1 is 1.11 bits per heavy atom. The van der Waals surface area contributed by atoms with Crippen molar-refractivity contribution in [1.29, 1.82) is 0 Å². The van der Waals surface area contributed by atoms with Crippen molar-refractivity contribution in [3.8, 4) is 11.5 Å². The third-order valence-electron chi connectivity index (χ3n) is 3.80. The number of hydrogen-bond acceptors (Lipinski definition) is 6. The number of alkyl halides is 3. The van der Waals surface area contributed by atoms with Gasteiger partial charge in [0.1, 0.15) is 0 Å². The minimum absolute atomic E-state index is 0.0962. The SMILES string of the molecule is O=c1ccc(C(F)(F)F)nn1CCNS(=O)(=O)c1ccc2c(c1)OCCCO2. The van der Waals surface area contributed by atoms with E-state index in [4.69, 9.17) is 9.47 Å². The second-order valence-corrected chi connectivity index (χ2v) is 7.60. The highest BCUT2D eigenvalue weighted by Gasteiger charge is 2.33. The maximum atomic E-state index is 12.7. The molecule has 12 heteroatoms. The molecule has 8 nitrogen and oxygen atoms in total. The van der Waals surface area contributed by atoms with E-state index in [9.17, 15) is 26.4 Å². The molecule has 0 aliphatic carbocycles. The molecule has 0 bridgehead atoms. The maximum absolute atomic E-state index is 12.7. The van der Waals surface area contributed by atoms with E-state index in [2.05, 4.69) is 9.82 Å². The number of halogens is 3. The second kappa shape index (κ2) is 7.80. The highest BCUT2D eigenvalue weighted by atomic mass is 32.2. The molecular formula is C16H16F3N3O5S.